The van der Waals surface area contributed by atoms with E-state index in [1.807, 2.05) is 0 Å². The van der Waals surface area contributed by atoms with E-state index >= 15 is 0 Å². The monoisotopic (exact) mass is 364 g/mol. The molecule has 12 heteroatoms. The topological polar surface area (TPSA) is 188 Å². The van der Waals surface area contributed by atoms with E-state index in [0.717, 1.165) is 0 Å². The third kappa shape index (κ3) is 7.78. The predicted octanol–water partition coefficient (Wildman–Crippen LogP) is -3.09. The molecule has 0 saturated heterocycles. The molecule has 0 aromatic heterocycles. The molecule has 0 aromatic carbocycles. The fraction of sp³-hybridized carbons (Fsp3) is 0.583. The van der Waals surface area contributed by atoms with Crippen molar-refractivity contribution in [2.24, 2.45) is 5.73 Å². The Balaban J connectivity index is 4.94. The third-order valence-electron chi connectivity index (χ3n) is 2.76. The molecule has 0 aliphatic heterocycles. The summed E-state index contributed by atoms with van der Waals surface area (Å²) in [6.45, 7) is 0.780. The van der Waals surface area contributed by atoms with Gasteiger partial charge in [0.15, 0.2) is 0 Å². The summed E-state index contributed by atoms with van der Waals surface area (Å²) in [5.41, 5.74) is 5.09. The molecule has 0 spiro atoms. The van der Waals surface area contributed by atoms with E-state index in [-0.39, 0.29) is 5.75 Å². The third-order valence-corrected chi connectivity index (χ3v) is 3.13. The lowest BCUT2D eigenvalue weighted by Crippen LogP contribution is -2.56. The summed E-state index contributed by atoms with van der Waals surface area (Å²) in [5.74, 6) is -5.29. The number of rotatable bonds is 10. The standard InChI is InChI=1S/C12H20N4O7S/c1-5(12(22)23)14-11(21)7(4-24)16-10(20)6(2-9(18)19)15-8(17)3-13/h5-7,24H,2-4,13H2,1H3,(H,14,21)(H,15,17)(H,16,20)(H,18,19)(H,22,23). The van der Waals surface area contributed by atoms with E-state index in [2.05, 4.69) is 28.6 Å². The van der Waals surface area contributed by atoms with Gasteiger partial charge in [0, 0.05) is 5.75 Å². The highest BCUT2D eigenvalue weighted by molar-refractivity contribution is 7.80. The highest BCUT2D eigenvalue weighted by atomic mass is 32.1. The number of carboxylic acids is 2. The van der Waals surface area contributed by atoms with Gasteiger partial charge in [0.1, 0.15) is 18.1 Å². The van der Waals surface area contributed by atoms with Crippen LogP contribution in [0.25, 0.3) is 0 Å². The van der Waals surface area contributed by atoms with Gasteiger partial charge in [0.05, 0.1) is 13.0 Å². The molecule has 0 bridgehead atoms. The summed E-state index contributed by atoms with van der Waals surface area (Å²) in [5, 5.41) is 24.0. The predicted molar refractivity (Wildman–Crippen MR) is 84.3 cm³/mol. The number of aliphatic carboxylic acids is 2. The number of carboxylic acid groups (broad SMARTS) is 2. The van der Waals surface area contributed by atoms with Gasteiger partial charge in [-0.25, -0.2) is 0 Å². The van der Waals surface area contributed by atoms with Crippen LogP contribution in [0, 0.1) is 0 Å². The molecule has 0 aliphatic rings. The maximum Gasteiger partial charge on any atom is 0.325 e. The lowest BCUT2D eigenvalue weighted by molar-refractivity contribution is -0.142. The average molecular weight is 364 g/mol. The molecule has 7 N–H and O–H groups in total. The van der Waals surface area contributed by atoms with Crippen LogP contribution in [-0.4, -0.2) is 70.3 Å². The number of carbonyl (C=O) groups is 5. The van der Waals surface area contributed by atoms with Crippen LogP contribution in [0.5, 0.6) is 0 Å². The van der Waals surface area contributed by atoms with Gasteiger partial charge in [-0.1, -0.05) is 0 Å². The van der Waals surface area contributed by atoms with Crippen molar-refractivity contribution in [1.82, 2.24) is 16.0 Å². The van der Waals surface area contributed by atoms with Gasteiger partial charge in [0.2, 0.25) is 17.7 Å². The largest absolute Gasteiger partial charge is 0.481 e. The molecule has 3 unspecified atom stereocenters. The molecule has 0 aliphatic carbocycles. The summed E-state index contributed by atoms with van der Waals surface area (Å²) in [7, 11) is 0. The minimum atomic E-state index is -1.44. The molecule has 0 heterocycles. The Bertz CT molecular complexity index is 514. The van der Waals surface area contributed by atoms with E-state index in [1.165, 1.54) is 6.92 Å². The van der Waals surface area contributed by atoms with Crippen LogP contribution in [0.3, 0.4) is 0 Å². The molecule has 0 rings (SSSR count). The van der Waals surface area contributed by atoms with E-state index in [1.54, 1.807) is 0 Å². The zero-order valence-corrected chi connectivity index (χ0v) is 13.7. The van der Waals surface area contributed by atoms with Crippen molar-refractivity contribution < 1.29 is 34.2 Å². The van der Waals surface area contributed by atoms with E-state index in [9.17, 15) is 24.0 Å². The van der Waals surface area contributed by atoms with Gasteiger partial charge in [0.25, 0.3) is 0 Å². The molecule has 0 fully saturated rings. The van der Waals surface area contributed by atoms with Gasteiger partial charge in [-0.3, -0.25) is 24.0 Å². The Hall–Kier alpha value is -2.34. The van der Waals surface area contributed by atoms with Crippen LogP contribution < -0.4 is 21.7 Å². The quantitative estimate of drug-likeness (QED) is 0.198. The second-order valence-corrected chi connectivity index (χ2v) is 5.10. The molecular weight excluding hydrogens is 344 g/mol. The molecule has 24 heavy (non-hydrogen) atoms. The Labute approximate surface area is 142 Å². The number of hydrogen-bond acceptors (Lipinski definition) is 7. The van der Waals surface area contributed by atoms with Gasteiger partial charge in [-0.2, -0.15) is 12.6 Å². The number of thiol groups is 1. The maximum atomic E-state index is 12.1. The van der Waals surface area contributed by atoms with Crippen LogP contribution in [-0.2, 0) is 24.0 Å². The minimum absolute atomic E-state index is 0.172. The fourth-order valence-electron chi connectivity index (χ4n) is 1.48. The summed E-state index contributed by atoms with van der Waals surface area (Å²) >= 11 is 3.88. The van der Waals surface area contributed by atoms with Gasteiger partial charge >= 0.3 is 11.9 Å². The highest BCUT2D eigenvalue weighted by Gasteiger charge is 2.28. The summed E-state index contributed by atoms with van der Waals surface area (Å²) in [4.78, 5) is 56.7. The maximum absolute atomic E-state index is 12.1. The molecule has 0 radical (unpaired) electrons. The molecule has 136 valence electrons. The Morgan fingerprint density at radius 1 is 1.00 bits per heavy atom. The fourth-order valence-corrected chi connectivity index (χ4v) is 1.74. The molecule has 0 aromatic rings. The van der Waals surface area contributed by atoms with E-state index < -0.39 is 60.8 Å². The lowest BCUT2D eigenvalue weighted by atomic mass is 10.1. The van der Waals surface area contributed by atoms with Gasteiger partial charge in [-0.05, 0) is 6.92 Å². The highest BCUT2D eigenvalue weighted by Crippen LogP contribution is 1.97. The van der Waals surface area contributed by atoms with Crippen molar-refractivity contribution in [3.05, 3.63) is 0 Å². The van der Waals surface area contributed by atoms with Gasteiger partial charge in [-0.15, -0.1) is 0 Å². The first-order valence-electron chi connectivity index (χ1n) is 6.78. The Morgan fingerprint density at radius 2 is 1.54 bits per heavy atom. The van der Waals surface area contributed by atoms with Crippen LogP contribution in [0.15, 0.2) is 0 Å². The number of nitrogens with two attached hydrogens (primary N) is 1. The first-order chi connectivity index (χ1) is 11.1. The van der Waals surface area contributed by atoms with Crippen LogP contribution in [0.2, 0.25) is 0 Å². The first-order valence-corrected chi connectivity index (χ1v) is 7.41. The van der Waals surface area contributed by atoms with Crippen molar-refractivity contribution in [3.63, 3.8) is 0 Å². The van der Waals surface area contributed by atoms with Crippen molar-refractivity contribution in [3.8, 4) is 0 Å². The number of carbonyl (C=O) groups excluding carboxylic acids is 3. The zero-order valence-electron chi connectivity index (χ0n) is 12.8. The molecule has 3 atom stereocenters. The van der Waals surface area contributed by atoms with E-state index in [4.69, 9.17) is 15.9 Å². The first kappa shape index (κ1) is 21.7. The Morgan fingerprint density at radius 3 is 1.96 bits per heavy atom. The van der Waals surface area contributed by atoms with Crippen LogP contribution >= 0.6 is 12.6 Å². The zero-order chi connectivity index (χ0) is 18.9. The summed E-state index contributed by atoms with van der Waals surface area (Å²) in [6, 6.07) is -3.84. The van der Waals surface area contributed by atoms with Gasteiger partial charge < -0.3 is 31.9 Å². The summed E-state index contributed by atoms with van der Waals surface area (Å²) in [6.07, 6.45) is -0.718. The van der Waals surface area contributed by atoms with E-state index in [0.29, 0.717) is 0 Å². The van der Waals surface area contributed by atoms with Crippen molar-refractivity contribution in [2.45, 2.75) is 31.5 Å². The molecule has 3 amide bonds. The Kier molecular flexibility index (Phi) is 9.42. The SMILES string of the molecule is CC(NC(=O)C(CS)NC(=O)C(CC(=O)O)NC(=O)CN)C(=O)O. The second-order valence-electron chi connectivity index (χ2n) is 4.73. The number of nitrogens with one attached hydrogen (secondary N) is 3. The average Bonchev–Trinajstić information content (AvgIpc) is 2.50. The minimum Gasteiger partial charge on any atom is -0.481 e. The number of hydrogen-bond donors (Lipinski definition) is 7. The molecule has 0 saturated carbocycles. The number of amides is 3. The lowest BCUT2D eigenvalue weighted by Gasteiger charge is -2.22. The molecular formula is C12H20N4O7S. The van der Waals surface area contributed by atoms with Crippen molar-refractivity contribution >= 4 is 42.3 Å². The van der Waals surface area contributed by atoms with Crippen molar-refractivity contribution in [2.75, 3.05) is 12.3 Å². The summed E-state index contributed by atoms with van der Waals surface area (Å²) < 4.78 is 0. The molecule has 11 nitrogen and oxygen atoms in total. The second kappa shape index (κ2) is 10.4. The van der Waals surface area contributed by atoms with Crippen LogP contribution in [0.4, 0.5) is 0 Å². The normalized spacial score (nSPS) is 14.0. The van der Waals surface area contributed by atoms with Crippen molar-refractivity contribution in [1.29, 1.82) is 0 Å². The van der Waals surface area contributed by atoms with Crippen LogP contribution in [0.1, 0.15) is 13.3 Å². The smallest absolute Gasteiger partial charge is 0.325 e.